The van der Waals surface area contributed by atoms with Gasteiger partial charge in [0.05, 0.1) is 17.5 Å². The quantitative estimate of drug-likeness (QED) is 0.234. The molecule has 0 spiro atoms. The topological polar surface area (TPSA) is 195 Å². The molecule has 0 bridgehead atoms. The number of aromatic carboxylic acids is 1. The summed E-state index contributed by atoms with van der Waals surface area (Å²) in [6, 6.07) is 10.6. The SMILES string of the molecule is CC12C=CC(=O)C=C1CCC1C2C(O)CC2(C)C1CCC2(O)C(=O)COC(=O)NCc1ccccc1N=Nc1ccc(O)c(C(=O)O)c1. The number of allylic oxidation sites excluding steroid dienone is 4. The third kappa shape index (κ3) is 5.62. The molecule has 3 fully saturated rings. The van der Waals surface area contributed by atoms with Crippen LogP contribution in [0.15, 0.2) is 76.5 Å². The first-order chi connectivity index (χ1) is 22.8. The van der Waals surface area contributed by atoms with Gasteiger partial charge in [-0.3, -0.25) is 9.59 Å². The fourth-order valence-corrected chi connectivity index (χ4v) is 8.88. The highest BCUT2D eigenvalue weighted by Crippen LogP contribution is 2.67. The summed E-state index contributed by atoms with van der Waals surface area (Å²) in [6.45, 7) is 3.27. The molecule has 0 radical (unpaired) electrons. The second kappa shape index (κ2) is 12.4. The number of aliphatic hydroxyl groups excluding tert-OH is 1. The number of carbonyl (C=O) groups is 4. The summed E-state index contributed by atoms with van der Waals surface area (Å²) in [7, 11) is 0. The number of hydrogen-bond acceptors (Lipinski definition) is 10. The molecule has 2 aromatic rings. The van der Waals surface area contributed by atoms with Crippen molar-refractivity contribution in [1.29, 1.82) is 0 Å². The Bertz CT molecular complexity index is 1770. The van der Waals surface area contributed by atoms with E-state index >= 15 is 0 Å². The summed E-state index contributed by atoms with van der Waals surface area (Å²) in [5.74, 6) is -2.46. The molecule has 7 atom stereocenters. The van der Waals surface area contributed by atoms with E-state index in [2.05, 4.69) is 22.5 Å². The zero-order chi connectivity index (χ0) is 34.4. The van der Waals surface area contributed by atoms with E-state index in [4.69, 9.17) is 4.74 Å². The Labute approximate surface area is 277 Å². The highest BCUT2D eigenvalue weighted by atomic mass is 16.6. The Morgan fingerprint density at radius 1 is 1.08 bits per heavy atom. The van der Waals surface area contributed by atoms with Gasteiger partial charge in [0.25, 0.3) is 0 Å². The van der Waals surface area contributed by atoms with Crippen molar-refractivity contribution in [3.05, 3.63) is 77.4 Å². The third-order valence-corrected chi connectivity index (χ3v) is 11.3. The Kier molecular flexibility index (Phi) is 8.59. The van der Waals surface area contributed by atoms with Crippen LogP contribution in [0.2, 0.25) is 0 Å². The number of aliphatic hydroxyl groups is 2. The minimum absolute atomic E-state index is 0.0211. The van der Waals surface area contributed by atoms with Gasteiger partial charge in [-0.1, -0.05) is 43.7 Å². The van der Waals surface area contributed by atoms with Crippen molar-refractivity contribution in [3.63, 3.8) is 0 Å². The summed E-state index contributed by atoms with van der Waals surface area (Å²) in [5, 5.41) is 53.2. The van der Waals surface area contributed by atoms with Gasteiger partial charge in [0.1, 0.15) is 16.9 Å². The van der Waals surface area contributed by atoms with Crippen molar-refractivity contribution >= 4 is 35.0 Å². The Balaban J connectivity index is 1.08. The highest BCUT2D eigenvalue weighted by molar-refractivity contribution is 6.01. The predicted molar refractivity (Wildman–Crippen MR) is 172 cm³/mol. The molecular weight excluding hydrogens is 618 g/mol. The molecule has 6 rings (SSSR count). The van der Waals surface area contributed by atoms with E-state index in [1.165, 1.54) is 18.2 Å². The second-order valence-corrected chi connectivity index (χ2v) is 13.8. The van der Waals surface area contributed by atoms with Gasteiger partial charge >= 0.3 is 12.1 Å². The lowest BCUT2D eigenvalue weighted by atomic mass is 9.46. The van der Waals surface area contributed by atoms with Crippen LogP contribution in [0.3, 0.4) is 0 Å². The van der Waals surface area contributed by atoms with E-state index in [0.29, 0.717) is 17.7 Å². The van der Waals surface area contributed by atoms with Crippen LogP contribution in [0, 0.1) is 28.6 Å². The third-order valence-electron chi connectivity index (χ3n) is 11.3. The number of hydrogen-bond donors (Lipinski definition) is 5. The number of rotatable bonds is 8. The molecule has 252 valence electrons. The number of amides is 1. The predicted octanol–water partition coefficient (Wildman–Crippen LogP) is 5.31. The number of benzene rings is 2. The van der Waals surface area contributed by atoms with Crippen molar-refractivity contribution in [2.75, 3.05) is 6.61 Å². The van der Waals surface area contributed by atoms with E-state index in [-0.39, 0.29) is 54.2 Å². The van der Waals surface area contributed by atoms with Crippen molar-refractivity contribution < 1.29 is 44.3 Å². The largest absolute Gasteiger partial charge is 0.507 e. The van der Waals surface area contributed by atoms with Crippen molar-refractivity contribution in [3.8, 4) is 5.75 Å². The lowest BCUT2D eigenvalue weighted by Gasteiger charge is -2.59. The van der Waals surface area contributed by atoms with E-state index < -0.39 is 52.7 Å². The molecule has 12 heteroatoms. The van der Waals surface area contributed by atoms with Gasteiger partial charge in [0.15, 0.2) is 12.4 Å². The molecule has 48 heavy (non-hydrogen) atoms. The minimum atomic E-state index is -1.78. The molecule has 0 aliphatic heterocycles. The standard InChI is InChI=1S/C36H39N3O9/c1-34-13-11-23(40)15-21(34)7-9-24-26-12-14-36(47,35(26,2)17-29(42)31(24)34)30(43)19-48-33(46)37-18-20-5-3-4-6-27(20)39-38-22-8-10-28(41)25(16-22)32(44)45/h3-6,8,10-11,13,15-16,24,26,29,31,41-42,47H,7,9,12,14,17-19H2,1-2H3,(H,37,46)(H,44,45). The molecule has 7 unspecified atom stereocenters. The lowest BCUT2D eigenvalue weighted by Crippen LogP contribution is -2.61. The fourth-order valence-electron chi connectivity index (χ4n) is 8.88. The monoisotopic (exact) mass is 657 g/mol. The van der Waals surface area contributed by atoms with Crippen LogP contribution >= 0.6 is 0 Å². The van der Waals surface area contributed by atoms with Crippen molar-refractivity contribution in [1.82, 2.24) is 5.32 Å². The van der Waals surface area contributed by atoms with E-state index in [1.54, 1.807) is 36.4 Å². The molecule has 0 aromatic heterocycles. The summed E-state index contributed by atoms with van der Waals surface area (Å²) in [5.41, 5.74) is -1.28. The van der Waals surface area contributed by atoms with Crippen LogP contribution in [0.4, 0.5) is 16.2 Å². The Morgan fingerprint density at radius 3 is 2.62 bits per heavy atom. The van der Waals surface area contributed by atoms with E-state index in [1.807, 2.05) is 13.0 Å². The molecule has 4 aliphatic carbocycles. The van der Waals surface area contributed by atoms with Gasteiger partial charge in [-0.15, -0.1) is 0 Å². The number of carboxylic acid groups (broad SMARTS) is 1. The number of carbonyl (C=O) groups excluding carboxylic acids is 3. The number of ketones is 2. The molecule has 0 saturated heterocycles. The maximum absolute atomic E-state index is 13.6. The molecule has 0 heterocycles. The number of phenols is 1. The van der Waals surface area contributed by atoms with Gasteiger partial charge in [0.2, 0.25) is 5.78 Å². The summed E-state index contributed by atoms with van der Waals surface area (Å²) in [4.78, 5) is 49.6. The number of nitrogens with one attached hydrogen (secondary N) is 1. The number of fused-ring (bicyclic) bond motifs is 5. The first-order valence-electron chi connectivity index (χ1n) is 16.1. The summed E-state index contributed by atoms with van der Waals surface area (Å²) >= 11 is 0. The van der Waals surface area contributed by atoms with E-state index in [0.717, 1.165) is 18.4 Å². The molecule has 1 amide bonds. The molecule has 5 N–H and O–H groups in total. The number of nitrogens with zero attached hydrogens (tertiary/aromatic N) is 2. The second-order valence-electron chi connectivity index (χ2n) is 13.8. The number of Topliss-reactive ketones (excluding diaryl/α,β-unsaturated/α-hetero) is 1. The maximum Gasteiger partial charge on any atom is 0.407 e. The van der Waals surface area contributed by atoms with Gasteiger partial charge in [-0.2, -0.15) is 10.2 Å². The Morgan fingerprint density at radius 2 is 1.85 bits per heavy atom. The average molecular weight is 658 g/mol. The lowest BCUT2D eigenvalue weighted by molar-refractivity contribution is -0.178. The first kappa shape index (κ1) is 33.2. The molecule has 12 nitrogen and oxygen atoms in total. The summed E-state index contributed by atoms with van der Waals surface area (Å²) < 4.78 is 5.27. The fraction of sp³-hybridized carbons (Fsp3) is 0.444. The first-order valence-corrected chi connectivity index (χ1v) is 16.1. The van der Waals surface area contributed by atoms with Crippen LogP contribution in [0.5, 0.6) is 5.75 Å². The smallest absolute Gasteiger partial charge is 0.407 e. The number of alkyl carbamates (subject to hydrolysis) is 1. The minimum Gasteiger partial charge on any atom is -0.507 e. The normalized spacial score (nSPS) is 32.2. The summed E-state index contributed by atoms with van der Waals surface area (Å²) in [6.07, 6.45) is 6.00. The van der Waals surface area contributed by atoms with Crippen LogP contribution in [-0.2, 0) is 20.9 Å². The van der Waals surface area contributed by atoms with Crippen LogP contribution in [0.25, 0.3) is 0 Å². The van der Waals surface area contributed by atoms with Crippen LogP contribution < -0.4 is 5.32 Å². The van der Waals surface area contributed by atoms with Crippen molar-refractivity contribution in [2.45, 2.75) is 64.2 Å². The zero-order valence-electron chi connectivity index (χ0n) is 26.8. The molecular formula is C36H39N3O9. The number of aromatic hydroxyl groups is 1. The highest BCUT2D eigenvalue weighted by Gasteiger charge is 2.68. The maximum atomic E-state index is 13.6. The van der Waals surface area contributed by atoms with Crippen LogP contribution in [-0.4, -0.2) is 62.4 Å². The number of azo groups is 1. The molecule has 3 saturated carbocycles. The number of ether oxygens (including phenoxy) is 1. The average Bonchev–Trinajstić information content (AvgIpc) is 3.33. The van der Waals surface area contributed by atoms with E-state index in [9.17, 15) is 39.6 Å². The Hall–Kier alpha value is -4.68. The number of carboxylic acids is 1. The van der Waals surface area contributed by atoms with Crippen LogP contribution in [0.1, 0.15) is 61.9 Å². The zero-order valence-corrected chi connectivity index (χ0v) is 26.8. The van der Waals surface area contributed by atoms with Crippen molar-refractivity contribution in [2.24, 2.45) is 38.8 Å². The van der Waals surface area contributed by atoms with Gasteiger partial charge in [-0.25, -0.2) is 9.59 Å². The van der Waals surface area contributed by atoms with Gasteiger partial charge < -0.3 is 30.5 Å². The molecule has 4 aliphatic rings. The van der Waals surface area contributed by atoms with Gasteiger partial charge in [0, 0.05) is 23.3 Å². The molecule has 2 aromatic carbocycles. The van der Waals surface area contributed by atoms with Gasteiger partial charge in [-0.05, 0) is 85.9 Å².